The summed E-state index contributed by atoms with van der Waals surface area (Å²) in [7, 11) is 1.95. The fourth-order valence-electron chi connectivity index (χ4n) is 4.97. The van der Waals surface area contributed by atoms with E-state index in [0.717, 1.165) is 60.8 Å². The van der Waals surface area contributed by atoms with E-state index in [-0.39, 0.29) is 17.9 Å². The summed E-state index contributed by atoms with van der Waals surface area (Å²) in [6, 6.07) is 6.24. The van der Waals surface area contributed by atoms with Crippen molar-refractivity contribution in [1.29, 1.82) is 0 Å². The molecule has 1 saturated carbocycles. The van der Waals surface area contributed by atoms with Gasteiger partial charge in [-0.1, -0.05) is 6.07 Å². The van der Waals surface area contributed by atoms with Crippen molar-refractivity contribution in [1.82, 2.24) is 24.8 Å². The smallest absolute Gasteiger partial charge is 0.249 e. The molecule has 0 radical (unpaired) electrons. The molecule has 3 aromatic heterocycles. The number of aromatic nitrogens is 4. The summed E-state index contributed by atoms with van der Waals surface area (Å²) in [5.41, 5.74) is 5.30. The molecular weight excluding hydrogens is 390 g/mol. The van der Waals surface area contributed by atoms with Crippen LogP contribution in [0, 0.1) is 18.8 Å². The van der Waals surface area contributed by atoms with E-state index in [1.165, 1.54) is 5.56 Å². The molecule has 7 nitrogen and oxygen atoms in total. The van der Waals surface area contributed by atoms with Crippen molar-refractivity contribution in [2.75, 3.05) is 6.61 Å². The monoisotopic (exact) mass is 419 g/mol. The summed E-state index contributed by atoms with van der Waals surface area (Å²) in [6.45, 7) is 2.56. The molecular formula is C24H29N5O2. The molecule has 2 aliphatic rings. The number of carbonyl (C=O) groups is 1. The van der Waals surface area contributed by atoms with Gasteiger partial charge in [0.15, 0.2) is 0 Å². The van der Waals surface area contributed by atoms with Crippen molar-refractivity contribution in [3.63, 3.8) is 0 Å². The van der Waals surface area contributed by atoms with Gasteiger partial charge in [0, 0.05) is 37.5 Å². The van der Waals surface area contributed by atoms with Crippen molar-refractivity contribution in [3.8, 4) is 0 Å². The molecule has 1 aliphatic heterocycles. The lowest BCUT2D eigenvalue weighted by Gasteiger charge is -2.32. The summed E-state index contributed by atoms with van der Waals surface area (Å²) < 4.78 is 1.87. The Labute approximate surface area is 182 Å². The third-order valence-corrected chi connectivity index (χ3v) is 6.82. The maximum absolute atomic E-state index is 13.2. The Morgan fingerprint density at radius 1 is 1.10 bits per heavy atom. The fraction of sp³-hybridized carbons (Fsp3) is 0.500. The Balaban J connectivity index is 1.20. The molecule has 5 rings (SSSR count). The molecule has 0 unspecified atom stereocenters. The predicted octanol–water partition coefficient (Wildman–Crippen LogP) is 3.93. The van der Waals surface area contributed by atoms with E-state index in [2.05, 4.69) is 27.2 Å². The van der Waals surface area contributed by atoms with Crippen LogP contribution in [-0.4, -0.2) is 37.3 Å². The number of fused-ring (bicyclic) bond motifs is 1. The summed E-state index contributed by atoms with van der Waals surface area (Å²) in [4.78, 5) is 27.9. The average Bonchev–Trinajstić information content (AvgIpc) is 3.42. The quantitative estimate of drug-likeness (QED) is 0.641. The van der Waals surface area contributed by atoms with Gasteiger partial charge in [-0.05, 0) is 68.2 Å². The first kappa shape index (κ1) is 20.1. The van der Waals surface area contributed by atoms with Crippen molar-refractivity contribution >= 4 is 16.9 Å². The molecule has 4 heterocycles. The van der Waals surface area contributed by atoms with Crippen LogP contribution in [-0.2, 0) is 23.1 Å². The van der Waals surface area contributed by atoms with Gasteiger partial charge in [-0.25, -0.2) is 5.06 Å². The Morgan fingerprint density at radius 2 is 1.94 bits per heavy atom. The largest absolute Gasteiger partial charge is 0.272 e. The number of rotatable bonds is 4. The highest BCUT2D eigenvalue weighted by atomic mass is 16.7. The number of carbonyl (C=O) groups excluding carboxylic acids is 1. The third-order valence-electron chi connectivity index (χ3n) is 6.82. The molecule has 1 aliphatic carbocycles. The van der Waals surface area contributed by atoms with Crippen LogP contribution >= 0.6 is 0 Å². The van der Waals surface area contributed by atoms with Crippen molar-refractivity contribution in [3.05, 3.63) is 53.6 Å². The molecule has 3 aromatic rings. The van der Waals surface area contributed by atoms with Crippen LogP contribution in [0.15, 0.2) is 36.8 Å². The number of pyridine rings is 2. The number of hydrogen-bond donors (Lipinski definition) is 0. The zero-order valence-corrected chi connectivity index (χ0v) is 18.2. The minimum absolute atomic E-state index is 0.0185. The minimum Gasteiger partial charge on any atom is -0.272 e. The molecule has 1 saturated heterocycles. The standard InChI is InChI=1S/C24H29N5O2/c1-16-3-6-20(14-25-16)22-9-10-31-29(22)24(30)19-7-4-17(5-8-19)11-18-12-23-21(26-13-18)15-27-28(23)2/h3,6,12-15,17,19,22H,4-5,7-11H2,1-2H3/t17?,19?,22-/m0/s1. The first-order valence-corrected chi connectivity index (χ1v) is 11.2. The minimum atomic E-state index is -0.0185. The van der Waals surface area contributed by atoms with Gasteiger partial charge in [-0.15, -0.1) is 0 Å². The van der Waals surface area contributed by atoms with E-state index in [4.69, 9.17) is 4.84 Å². The van der Waals surface area contributed by atoms with Crippen LogP contribution in [0.5, 0.6) is 0 Å². The van der Waals surface area contributed by atoms with Gasteiger partial charge in [0.25, 0.3) is 0 Å². The summed E-state index contributed by atoms with van der Waals surface area (Å²) in [5, 5.41) is 5.92. The fourth-order valence-corrected chi connectivity index (χ4v) is 4.97. The van der Waals surface area contributed by atoms with Gasteiger partial charge in [0.05, 0.1) is 24.4 Å². The molecule has 0 aromatic carbocycles. The van der Waals surface area contributed by atoms with Crippen LogP contribution in [0.4, 0.5) is 0 Å². The van der Waals surface area contributed by atoms with E-state index >= 15 is 0 Å². The first-order valence-electron chi connectivity index (χ1n) is 11.2. The molecule has 0 N–H and O–H groups in total. The van der Waals surface area contributed by atoms with Crippen molar-refractivity contribution in [2.24, 2.45) is 18.9 Å². The summed E-state index contributed by atoms with van der Waals surface area (Å²) in [6.07, 6.45) is 11.4. The molecule has 0 bridgehead atoms. The maximum atomic E-state index is 13.2. The van der Waals surface area contributed by atoms with Gasteiger partial charge in [-0.2, -0.15) is 5.10 Å². The van der Waals surface area contributed by atoms with Gasteiger partial charge in [0.2, 0.25) is 5.91 Å². The molecule has 2 fully saturated rings. The Bertz CT molecular complexity index is 1070. The molecule has 7 heteroatoms. The third kappa shape index (κ3) is 4.06. The Hall–Kier alpha value is -2.80. The second-order valence-corrected chi connectivity index (χ2v) is 8.97. The highest BCUT2D eigenvalue weighted by molar-refractivity contribution is 5.78. The Kier molecular flexibility index (Phi) is 5.44. The van der Waals surface area contributed by atoms with Crippen LogP contribution < -0.4 is 0 Å². The van der Waals surface area contributed by atoms with Gasteiger partial charge in [-0.3, -0.25) is 24.3 Å². The van der Waals surface area contributed by atoms with Crippen LogP contribution in [0.3, 0.4) is 0 Å². The molecule has 162 valence electrons. The highest BCUT2D eigenvalue weighted by Gasteiger charge is 2.37. The van der Waals surface area contributed by atoms with E-state index < -0.39 is 0 Å². The number of aryl methyl sites for hydroxylation is 2. The van der Waals surface area contributed by atoms with Crippen molar-refractivity contribution in [2.45, 2.75) is 51.5 Å². The van der Waals surface area contributed by atoms with E-state index in [1.54, 1.807) is 11.3 Å². The van der Waals surface area contributed by atoms with Gasteiger partial charge >= 0.3 is 0 Å². The molecule has 0 spiro atoms. The lowest BCUT2D eigenvalue weighted by Crippen LogP contribution is -2.36. The topological polar surface area (TPSA) is 73.1 Å². The normalized spacial score (nSPS) is 24.1. The second-order valence-electron chi connectivity index (χ2n) is 8.97. The average molecular weight is 420 g/mol. The van der Waals surface area contributed by atoms with Crippen LogP contribution in [0.25, 0.3) is 11.0 Å². The second kappa shape index (κ2) is 8.38. The van der Waals surface area contributed by atoms with Crippen LogP contribution in [0.2, 0.25) is 0 Å². The first-order chi connectivity index (χ1) is 15.1. The lowest BCUT2D eigenvalue weighted by molar-refractivity contribution is -0.183. The zero-order chi connectivity index (χ0) is 21.4. The SMILES string of the molecule is Cc1ccc([C@@H]2CCON2C(=O)C2CCC(Cc3cnc4cnn(C)c4c3)CC2)cn1. The van der Waals surface area contributed by atoms with E-state index in [1.807, 2.05) is 37.1 Å². The van der Waals surface area contributed by atoms with E-state index in [0.29, 0.717) is 12.5 Å². The molecule has 31 heavy (non-hydrogen) atoms. The van der Waals surface area contributed by atoms with Gasteiger partial charge < -0.3 is 0 Å². The molecule has 1 atom stereocenters. The van der Waals surface area contributed by atoms with E-state index in [9.17, 15) is 4.79 Å². The highest BCUT2D eigenvalue weighted by Crippen LogP contribution is 2.37. The number of hydroxylamine groups is 2. The summed E-state index contributed by atoms with van der Waals surface area (Å²) in [5.74, 6) is 0.778. The predicted molar refractivity (Wildman–Crippen MR) is 117 cm³/mol. The summed E-state index contributed by atoms with van der Waals surface area (Å²) >= 11 is 0. The number of amides is 1. The number of nitrogens with zero attached hydrogens (tertiary/aromatic N) is 5. The van der Waals surface area contributed by atoms with Gasteiger partial charge in [0.1, 0.15) is 5.52 Å². The Morgan fingerprint density at radius 3 is 2.71 bits per heavy atom. The number of hydrogen-bond acceptors (Lipinski definition) is 5. The maximum Gasteiger partial charge on any atom is 0.249 e. The zero-order valence-electron chi connectivity index (χ0n) is 18.2. The van der Waals surface area contributed by atoms with Crippen molar-refractivity contribution < 1.29 is 9.63 Å². The van der Waals surface area contributed by atoms with Crippen LogP contribution in [0.1, 0.15) is 55.0 Å². The lowest BCUT2D eigenvalue weighted by atomic mass is 9.79. The molecule has 1 amide bonds.